The summed E-state index contributed by atoms with van der Waals surface area (Å²) in [5, 5.41) is 2.85. The molecule has 3 amide bonds. The van der Waals surface area contributed by atoms with Crippen molar-refractivity contribution in [1.82, 2.24) is 10.2 Å². The van der Waals surface area contributed by atoms with Crippen LogP contribution in [-0.2, 0) is 11.4 Å². The molecule has 2 aromatic carbocycles. The molecule has 0 spiro atoms. The van der Waals surface area contributed by atoms with Crippen LogP contribution in [0.2, 0.25) is 5.02 Å². The molecule has 1 saturated heterocycles. The highest BCUT2D eigenvalue weighted by Gasteiger charge is 2.32. The Labute approximate surface area is 175 Å². The van der Waals surface area contributed by atoms with Gasteiger partial charge in [-0.15, -0.1) is 0 Å². The summed E-state index contributed by atoms with van der Waals surface area (Å²) in [5.41, 5.74) is 1.20. The van der Waals surface area contributed by atoms with Crippen LogP contribution in [0.15, 0.2) is 46.6 Å². The molecule has 0 radical (unpaired) electrons. The molecule has 1 N–H and O–H groups in total. The zero-order chi connectivity index (χ0) is 20.3. The van der Waals surface area contributed by atoms with Crippen molar-refractivity contribution in [3.8, 4) is 5.75 Å². The van der Waals surface area contributed by atoms with Gasteiger partial charge in [0.2, 0.25) is 0 Å². The quantitative estimate of drug-likeness (QED) is 0.474. The maximum absolute atomic E-state index is 13.7. The van der Waals surface area contributed by atoms with Gasteiger partial charge in [-0.25, -0.2) is 9.18 Å². The normalized spacial score (nSPS) is 15.3. The van der Waals surface area contributed by atoms with E-state index in [0.29, 0.717) is 39.3 Å². The van der Waals surface area contributed by atoms with E-state index in [4.69, 9.17) is 16.3 Å². The Balaban J connectivity index is 1.79. The summed E-state index contributed by atoms with van der Waals surface area (Å²) < 4.78 is 19.9. The maximum atomic E-state index is 13.7. The van der Waals surface area contributed by atoms with Crippen LogP contribution >= 0.6 is 27.5 Å². The molecule has 1 aliphatic heterocycles. The minimum absolute atomic E-state index is 0.0198. The van der Waals surface area contributed by atoms with Crippen LogP contribution in [0.4, 0.5) is 9.18 Å². The Morgan fingerprint density at radius 3 is 2.71 bits per heavy atom. The van der Waals surface area contributed by atoms with Crippen LogP contribution in [0.1, 0.15) is 24.5 Å². The van der Waals surface area contributed by atoms with E-state index in [-0.39, 0.29) is 24.0 Å². The smallest absolute Gasteiger partial charge is 0.329 e. The molecule has 1 aliphatic rings. The van der Waals surface area contributed by atoms with Crippen LogP contribution in [0.3, 0.4) is 0 Å². The zero-order valence-corrected chi connectivity index (χ0v) is 17.3. The lowest BCUT2D eigenvalue weighted by atomic mass is 10.1. The number of hydrogen-bond acceptors (Lipinski definition) is 3. The first kappa shape index (κ1) is 20.4. The van der Waals surface area contributed by atoms with Gasteiger partial charge >= 0.3 is 6.03 Å². The van der Waals surface area contributed by atoms with Crippen LogP contribution in [0, 0.1) is 5.82 Å². The van der Waals surface area contributed by atoms with Crippen molar-refractivity contribution >= 4 is 45.5 Å². The number of carbonyl (C=O) groups excluding carboxylic acids is 2. The summed E-state index contributed by atoms with van der Waals surface area (Å²) in [5.74, 6) is -0.372. The lowest BCUT2D eigenvalue weighted by Crippen LogP contribution is -2.31. The topological polar surface area (TPSA) is 58.6 Å². The standard InChI is InChI=1S/C20H17BrClFN2O3/c1-2-7-25-19(26)17(24-20(25)27)10-12-8-14(21)18(15(22)9-12)28-11-13-5-3-4-6-16(13)23/h3-6,8-10H,2,7,11H2,1H3,(H,24,27)/b17-10+. The first-order valence-corrected chi connectivity index (χ1v) is 9.77. The van der Waals surface area contributed by atoms with E-state index < -0.39 is 6.03 Å². The third kappa shape index (κ3) is 4.36. The van der Waals surface area contributed by atoms with Gasteiger partial charge in [0.15, 0.2) is 5.75 Å². The minimum atomic E-state index is -0.437. The summed E-state index contributed by atoms with van der Waals surface area (Å²) >= 11 is 9.70. The second kappa shape index (κ2) is 8.75. The van der Waals surface area contributed by atoms with Crippen molar-refractivity contribution < 1.29 is 18.7 Å². The van der Waals surface area contributed by atoms with Gasteiger partial charge < -0.3 is 10.1 Å². The molecule has 28 heavy (non-hydrogen) atoms. The maximum Gasteiger partial charge on any atom is 0.329 e. The average Bonchev–Trinajstić information content (AvgIpc) is 2.90. The Kier molecular flexibility index (Phi) is 6.36. The third-order valence-electron chi connectivity index (χ3n) is 4.07. The van der Waals surface area contributed by atoms with Crippen molar-refractivity contribution in [2.45, 2.75) is 20.0 Å². The van der Waals surface area contributed by atoms with Crippen LogP contribution in [-0.4, -0.2) is 23.4 Å². The minimum Gasteiger partial charge on any atom is -0.486 e. The summed E-state index contributed by atoms with van der Waals surface area (Å²) in [6.45, 7) is 2.26. The molecular formula is C20H17BrClFN2O3. The number of amides is 3. The number of halogens is 3. The summed E-state index contributed by atoms with van der Waals surface area (Å²) in [6.07, 6.45) is 2.23. The second-order valence-electron chi connectivity index (χ2n) is 6.14. The van der Waals surface area contributed by atoms with Crippen LogP contribution < -0.4 is 10.1 Å². The van der Waals surface area contributed by atoms with E-state index >= 15 is 0 Å². The summed E-state index contributed by atoms with van der Waals surface area (Å²) in [4.78, 5) is 25.3. The molecular weight excluding hydrogens is 451 g/mol. The van der Waals surface area contributed by atoms with E-state index in [0.717, 1.165) is 4.90 Å². The van der Waals surface area contributed by atoms with Crippen molar-refractivity contribution in [3.63, 3.8) is 0 Å². The van der Waals surface area contributed by atoms with E-state index in [1.54, 1.807) is 36.4 Å². The van der Waals surface area contributed by atoms with E-state index in [1.165, 1.54) is 6.07 Å². The number of imide groups is 1. The van der Waals surface area contributed by atoms with Crippen LogP contribution in [0.5, 0.6) is 5.75 Å². The van der Waals surface area contributed by atoms with Crippen molar-refractivity contribution in [2.75, 3.05) is 6.54 Å². The van der Waals surface area contributed by atoms with Crippen molar-refractivity contribution in [1.29, 1.82) is 0 Å². The van der Waals surface area contributed by atoms with E-state index in [9.17, 15) is 14.0 Å². The number of rotatable bonds is 6. The predicted molar refractivity (Wildman–Crippen MR) is 108 cm³/mol. The Hall–Kier alpha value is -2.38. The van der Waals surface area contributed by atoms with Crippen LogP contribution in [0.25, 0.3) is 6.08 Å². The number of nitrogens with one attached hydrogen (secondary N) is 1. The van der Waals surface area contributed by atoms with Crippen molar-refractivity contribution in [2.24, 2.45) is 0 Å². The third-order valence-corrected chi connectivity index (χ3v) is 4.94. The lowest BCUT2D eigenvalue weighted by molar-refractivity contribution is -0.122. The highest BCUT2D eigenvalue weighted by molar-refractivity contribution is 9.10. The second-order valence-corrected chi connectivity index (χ2v) is 7.40. The number of ether oxygens (including phenoxy) is 1. The van der Waals surface area contributed by atoms with E-state index in [1.807, 2.05) is 6.92 Å². The van der Waals surface area contributed by atoms with Gasteiger partial charge in [-0.3, -0.25) is 9.69 Å². The molecule has 0 aromatic heterocycles. The SMILES string of the molecule is CCCN1C(=O)N/C(=C/c2cc(Cl)c(OCc3ccccc3F)c(Br)c2)C1=O. The molecule has 0 saturated carbocycles. The number of benzene rings is 2. The molecule has 0 unspecified atom stereocenters. The molecule has 8 heteroatoms. The summed E-state index contributed by atoms with van der Waals surface area (Å²) in [7, 11) is 0. The van der Waals surface area contributed by atoms with Gasteiger partial charge in [0.25, 0.3) is 5.91 Å². The Bertz CT molecular complexity index is 941. The predicted octanol–water partition coefficient (Wildman–Crippen LogP) is 5.12. The van der Waals surface area contributed by atoms with Gasteiger partial charge in [-0.2, -0.15) is 0 Å². The number of nitrogens with zero attached hydrogens (tertiary/aromatic N) is 1. The van der Waals surface area contributed by atoms with Gasteiger partial charge in [-0.1, -0.05) is 36.7 Å². The van der Waals surface area contributed by atoms with Gasteiger partial charge in [0.1, 0.15) is 18.1 Å². The first-order chi connectivity index (χ1) is 13.4. The number of hydrogen-bond donors (Lipinski definition) is 1. The zero-order valence-electron chi connectivity index (χ0n) is 15.0. The first-order valence-electron chi connectivity index (χ1n) is 8.60. The largest absolute Gasteiger partial charge is 0.486 e. The van der Waals surface area contributed by atoms with Gasteiger partial charge in [0.05, 0.1) is 9.50 Å². The summed E-state index contributed by atoms with van der Waals surface area (Å²) in [6, 6.07) is 9.20. The Morgan fingerprint density at radius 2 is 2.04 bits per heavy atom. The monoisotopic (exact) mass is 466 g/mol. The molecule has 5 nitrogen and oxygen atoms in total. The highest BCUT2D eigenvalue weighted by atomic mass is 79.9. The average molecular weight is 468 g/mol. The van der Waals surface area contributed by atoms with Crippen molar-refractivity contribution in [3.05, 3.63) is 68.5 Å². The number of urea groups is 1. The molecule has 0 bridgehead atoms. The molecule has 1 heterocycles. The fourth-order valence-corrected chi connectivity index (χ4v) is 3.72. The highest BCUT2D eigenvalue weighted by Crippen LogP contribution is 2.36. The molecule has 1 fully saturated rings. The lowest BCUT2D eigenvalue weighted by Gasteiger charge is -2.12. The molecule has 3 rings (SSSR count). The molecule has 0 atom stereocenters. The molecule has 146 valence electrons. The van der Waals surface area contributed by atoms with E-state index in [2.05, 4.69) is 21.2 Å². The fraction of sp³-hybridized carbons (Fsp3) is 0.200. The van der Waals surface area contributed by atoms with Gasteiger partial charge in [-0.05, 0) is 52.2 Å². The Morgan fingerprint density at radius 1 is 1.29 bits per heavy atom. The molecule has 2 aromatic rings. The molecule has 0 aliphatic carbocycles. The fourth-order valence-electron chi connectivity index (χ4n) is 2.73. The van der Waals surface area contributed by atoms with Gasteiger partial charge in [0, 0.05) is 12.1 Å². The number of carbonyl (C=O) groups is 2.